The van der Waals surface area contributed by atoms with E-state index in [1.165, 1.54) is 31.4 Å². The smallest absolute Gasteiger partial charge is 0.262 e. The van der Waals surface area contributed by atoms with E-state index in [-0.39, 0.29) is 65.5 Å². The van der Waals surface area contributed by atoms with Crippen LogP contribution in [-0.4, -0.2) is 127 Å². The van der Waals surface area contributed by atoms with Gasteiger partial charge in [-0.05, 0) is 159 Å². The molecule has 1 unspecified atom stereocenters. The van der Waals surface area contributed by atoms with Crippen LogP contribution in [0, 0.1) is 12.7 Å². The molecule has 0 bridgehead atoms. The molecule has 1 aliphatic carbocycles. The number of imide groups is 2. The summed E-state index contributed by atoms with van der Waals surface area (Å²) in [6.07, 6.45) is 13.4. The first kappa shape index (κ1) is 55.4. The summed E-state index contributed by atoms with van der Waals surface area (Å²) in [5, 5.41) is 11.8. The number of aryl methyl sites for hydroxylation is 1. The molecule has 5 aliphatic heterocycles. The van der Waals surface area contributed by atoms with Crippen LogP contribution in [0.4, 0.5) is 27.3 Å². The highest BCUT2D eigenvalue weighted by molar-refractivity contribution is 6.23. The second kappa shape index (κ2) is 22.8. The van der Waals surface area contributed by atoms with Crippen LogP contribution in [0.1, 0.15) is 172 Å². The van der Waals surface area contributed by atoms with Gasteiger partial charge in [0.2, 0.25) is 23.6 Å². The van der Waals surface area contributed by atoms with Crippen LogP contribution in [-0.2, 0) is 24.6 Å². The molecule has 3 saturated heterocycles. The van der Waals surface area contributed by atoms with Gasteiger partial charge in [0.15, 0.2) is 5.82 Å². The Kier molecular flexibility index (Phi) is 15.6. The molecule has 4 fully saturated rings. The predicted molar refractivity (Wildman–Crippen MR) is 307 cm³/mol. The molecule has 19 heteroatoms. The molecule has 5 aromatic rings. The fraction of sp³-hybridized carbons (Fsp3) is 0.500. The van der Waals surface area contributed by atoms with Gasteiger partial charge < -0.3 is 35.2 Å². The lowest BCUT2D eigenvalue weighted by Gasteiger charge is -2.48. The van der Waals surface area contributed by atoms with Crippen molar-refractivity contribution >= 4 is 75.3 Å². The van der Waals surface area contributed by atoms with Crippen molar-refractivity contribution < 1.29 is 38.0 Å². The second-order valence-corrected chi connectivity index (χ2v) is 23.8. The molecule has 18 nitrogen and oxygen atoms in total. The number of anilines is 4. The molecule has 7 amide bonds. The topological polar surface area (TPSA) is 211 Å². The monoisotopic (exact) mass is 1100 g/mol. The van der Waals surface area contributed by atoms with Gasteiger partial charge in [-0.25, -0.2) is 14.4 Å². The molecule has 1 saturated carbocycles. The van der Waals surface area contributed by atoms with Crippen LogP contribution in [0.25, 0.3) is 22.3 Å². The molecule has 0 radical (unpaired) electrons. The summed E-state index contributed by atoms with van der Waals surface area (Å²) in [5.74, 6) is -2.31. The molecular weight excluding hydrogens is 1030 g/mol. The minimum Gasteiger partial charge on any atom is -0.385 e. The summed E-state index contributed by atoms with van der Waals surface area (Å²) in [7, 11) is 0. The summed E-state index contributed by atoms with van der Waals surface area (Å²) >= 11 is 0. The first-order valence-electron chi connectivity index (χ1n) is 29.3. The second-order valence-electron chi connectivity index (χ2n) is 23.8. The Morgan fingerprint density at radius 2 is 1.56 bits per heavy atom. The van der Waals surface area contributed by atoms with Crippen molar-refractivity contribution in [3.05, 3.63) is 94.6 Å². The van der Waals surface area contributed by atoms with E-state index in [4.69, 9.17) is 9.97 Å². The van der Waals surface area contributed by atoms with Crippen LogP contribution < -0.4 is 26.2 Å². The van der Waals surface area contributed by atoms with Crippen molar-refractivity contribution in [2.75, 3.05) is 48.3 Å². The number of rotatable bonds is 18. The fourth-order valence-electron chi connectivity index (χ4n) is 13.2. The number of fused-ring (bicyclic) bond motifs is 4. The molecule has 3 aromatic carbocycles. The number of hydrogen-bond donors (Lipinski definition) is 4. The Morgan fingerprint density at radius 3 is 2.30 bits per heavy atom. The third-order valence-corrected chi connectivity index (χ3v) is 17.7. The van der Waals surface area contributed by atoms with E-state index in [0.717, 1.165) is 79.7 Å². The van der Waals surface area contributed by atoms with Gasteiger partial charge in [0.1, 0.15) is 17.4 Å². The first-order chi connectivity index (χ1) is 39.0. The Balaban J connectivity index is 0.741. The van der Waals surface area contributed by atoms with E-state index < -0.39 is 40.9 Å². The average molecular weight is 1100 g/mol. The SMILES string of the molecule is Cc1cc(F)c(Nc2nc(-c3ccc4c(c3)N(C3CC(N5CCCCC5)C3)C(=O)C43CCN(C(=O)CCCCCCCNc4ccc5c(c4)C(=O)N(C4CCC(=O)NC4=O)C5=O)CC3)cc3ncn(C(C)C)c23)cc1C(=O)NC(C)C. The Hall–Kier alpha value is -7.54. The first-order valence-corrected chi connectivity index (χ1v) is 29.3. The number of carbonyl (C=O) groups excluding carboxylic acids is 7. The number of likely N-dealkylation sites (tertiary alicyclic amines) is 2. The van der Waals surface area contributed by atoms with Crippen molar-refractivity contribution in [3.8, 4) is 11.3 Å². The van der Waals surface area contributed by atoms with Crippen molar-refractivity contribution in [3.63, 3.8) is 0 Å². The van der Waals surface area contributed by atoms with Gasteiger partial charge in [0, 0.05) is 79.1 Å². The minimum absolute atomic E-state index is 0.0141. The van der Waals surface area contributed by atoms with Gasteiger partial charge in [-0.15, -0.1) is 0 Å². The van der Waals surface area contributed by atoms with Crippen LogP contribution in [0.15, 0.2) is 60.9 Å². The maximum Gasteiger partial charge on any atom is 0.262 e. The molecule has 1 spiro atoms. The van der Waals surface area contributed by atoms with E-state index >= 15 is 9.18 Å². The third kappa shape index (κ3) is 10.7. The summed E-state index contributed by atoms with van der Waals surface area (Å²) in [4.78, 5) is 110. The number of carbonyl (C=O) groups is 7. The molecule has 6 aliphatic rings. The number of unbranched alkanes of at least 4 members (excludes halogenated alkanes) is 4. The van der Waals surface area contributed by atoms with Gasteiger partial charge in [-0.2, -0.15) is 0 Å². The molecule has 81 heavy (non-hydrogen) atoms. The quantitative estimate of drug-likeness (QED) is 0.0478. The predicted octanol–water partition coefficient (Wildman–Crippen LogP) is 9.09. The third-order valence-electron chi connectivity index (χ3n) is 17.7. The Labute approximate surface area is 472 Å². The van der Waals surface area contributed by atoms with E-state index in [2.05, 4.69) is 43.2 Å². The van der Waals surface area contributed by atoms with E-state index in [1.54, 1.807) is 31.5 Å². The standard InChI is InChI=1S/C62H74FN11O7/c1-36(2)66-57(77)44-33-49(47(63)28-38(44)5)68-56-55-50(65-35-72(55)37(3)4)34-48(67-56)39-15-18-46-52(29-39)73(42-31-41(32-42)70-24-12-9-13-25-70)61(81)62(46)21-26-71(27-22-62)54(76)14-10-7-6-8-11-23-64-40-16-17-43-45(30-40)60(80)74(59(43)79)51-19-20-53(75)69-58(51)78/h15-18,28-30,33-37,41-42,51,64H,6-14,19-27,31-32H2,1-5H3,(H,66,77)(H,67,68)(H,69,75,78). The number of imidazole rings is 1. The Bertz CT molecular complexity index is 3330. The summed E-state index contributed by atoms with van der Waals surface area (Å²) < 4.78 is 17.9. The molecule has 2 aromatic heterocycles. The molecular formula is C62H74FN11O7. The van der Waals surface area contributed by atoms with Crippen molar-refractivity contribution in [2.24, 2.45) is 0 Å². The van der Waals surface area contributed by atoms with Gasteiger partial charge in [-0.1, -0.05) is 37.8 Å². The minimum atomic E-state index is -1.01. The normalized spacial score (nSPS) is 20.8. The zero-order valence-corrected chi connectivity index (χ0v) is 47.2. The van der Waals surface area contributed by atoms with E-state index in [1.807, 2.05) is 49.3 Å². The summed E-state index contributed by atoms with van der Waals surface area (Å²) in [5.41, 5.74) is 6.05. The van der Waals surface area contributed by atoms with Crippen LogP contribution >= 0.6 is 0 Å². The van der Waals surface area contributed by atoms with Gasteiger partial charge in [0.25, 0.3) is 17.7 Å². The highest BCUT2D eigenvalue weighted by Gasteiger charge is 2.56. The number of benzene rings is 3. The zero-order chi connectivity index (χ0) is 56.9. The van der Waals surface area contributed by atoms with Crippen LogP contribution in [0.5, 0.6) is 0 Å². The fourth-order valence-corrected chi connectivity index (χ4v) is 13.2. The highest BCUT2D eigenvalue weighted by atomic mass is 19.1. The number of amides is 7. The maximum atomic E-state index is 15.9. The molecule has 11 rings (SSSR count). The molecule has 4 N–H and O–H groups in total. The number of hydrogen-bond acceptors (Lipinski definition) is 12. The Morgan fingerprint density at radius 1 is 0.815 bits per heavy atom. The van der Waals surface area contributed by atoms with E-state index in [0.29, 0.717) is 84.3 Å². The number of nitrogens with one attached hydrogen (secondary N) is 4. The van der Waals surface area contributed by atoms with Crippen LogP contribution in [0.2, 0.25) is 0 Å². The number of halogens is 1. The average Bonchev–Trinajstić information content (AvgIpc) is 3.97. The lowest BCUT2D eigenvalue weighted by atomic mass is 9.73. The van der Waals surface area contributed by atoms with Crippen molar-refractivity contribution in [1.82, 2.24) is 39.9 Å². The van der Waals surface area contributed by atoms with Crippen molar-refractivity contribution in [2.45, 2.75) is 167 Å². The lowest BCUT2D eigenvalue weighted by Crippen LogP contribution is -2.58. The lowest BCUT2D eigenvalue weighted by molar-refractivity contribution is -0.136. The van der Waals surface area contributed by atoms with Gasteiger partial charge in [0.05, 0.1) is 39.8 Å². The van der Waals surface area contributed by atoms with Gasteiger partial charge in [-0.3, -0.25) is 43.8 Å². The molecule has 7 heterocycles. The number of nitrogens with zero attached hydrogens (tertiary/aromatic N) is 7. The number of pyridine rings is 1. The largest absolute Gasteiger partial charge is 0.385 e. The van der Waals surface area contributed by atoms with Crippen molar-refractivity contribution in [1.29, 1.82) is 0 Å². The van der Waals surface area contributed by atoms with Crippen LogP contribution in [0.3, 0.4) is 0 Å². The summed E-state index contributed by atoms with van der Waals surface area (Å²) in [6.45, 7) is 13.4. The summed E-state index contributed by atoms with van der Waals surface area (Å²) in [6, 6.07) is 15.5. The van der Waals surface area contributed by atoms with E-state index in [9.17, 15) is 28.8 Å². The van der Waals surface area contributed by atoms with Gasteiger partial charge >= 0.3 is 0 Å². The number of aromatic nitrogens is 3. The molecule has 426 valence electrons. The zero-order valence-electron chi connectivity index (χ0n) is 47.2. The number of piperidine rings is 3. The molecule has 1 atom stereocenters. The highest BCUT2D eigenvalue weighted by Crippen LogP contribution is 2.52. The maximum absolute atomic E-state index is 15.9.